The maximum atomic E-state index is 12.4. The Labute approximate surface area is 110 Å². The van der Waals surface area contributed by atoms with Gasteiger partial charge < -0.3 is 0 Å². The van der Waals surface area contributed by atoms with Gasteiger partial charge in [0.05, 0.1) is 4.90 Å². The number of hydrogen-bond donors (Lipinski definition) is 0. The Bertz CT molecular complexity index is 552. The zero-order valence-electron chi connectivity index (χ0n) is 9.56. The lowest BCUT2D eigenvalue weighted by molar-refractivity contribution is 0.437. The number of nitrogens with zero attached hydrogens (tertiary/aromatic N) is 1. The van der Waals surface area contributed by atoms with E-state index in [9.17, 15) is 8.42 Å². The Morgan fingerprint density at radius 1 is 1.29 bits per heavy atom. The SMILES string of the molecule is Cc1ccc(Br)cc1S(=O)(=O)N1CC=CCC1. The Balaban J connectivity index is 2.44. The Morgan fingerprint density at radius 2 is 2.06 bits per heavy atom. The lowest BCUT2D eigenvalue weighted by Gasteiger charge is -2.23. The number of halogens is 1. The molecule has 1 aromatic rings. The van der Waals surface area contributed by atoms with Crippen molar-refractivity contribution in [3.8, 4) is 0 Å². The van der Waals surface area contributed by atoms with Crippen LogP contribution in [0.3, 0.4) is 0 Å². The normalized spacial score (nSPS) is 17.3. The van der Waals surface area contributed by atoms with Gasteiger partial charge in [0, 0.05) is 17.6 Å². The van der Waals surface area contributed by atoms with E-state index in [4.69, 9.17) is 0 Å². The molecule has 1 aliphatic rings. The average Bonchev–Trinajstić information content (AvgIpc) is 2.33. The highest BCUT2D eigenvalue weighted by Crippen LogP contribution is 2.24. The molecular formula is C12H14BrNO2S. The van der Waals surface area contributed by atoms with E-state index in [-0.39, 0.29) is 0 Å². The highest BCUT2D eigenvalue weighted by Gasteiger charge is 2.25. The van der Waals surface area contributed by atoms with E-state index >= 15 is 0 Å². The molecule has 0 bridgehead atoms. The smallest absolute Gasteiger partial charge is 0.207 e. The van der Waals surface area contributed by atoms with Crippen LogP contribution < -0.4 is 0 Å². The van der Waals surface area contributed by atoms with Gasteiger partial charge in [-0.15, -0.1) is 0 Å². The molecule has 0 atom stereocenters. The molecule has 1 aliphatic heterocycles. The summed E-state index contributed by atoms with van der Waals surface area (Å²) in [5, 5.41) is 0. The predicted molar refractivity (Wildman–Crippen MR) is 71.4 cm³/mol. The van der Waals surface area contributed by atoms with E-state index in [1.807, 2.05) is 31.2 Å². The van der Waals surface area contributed by atoms with E-state index in [0.717, 1.165) is 16.5 Å². The van der Waals surface area contributed by atoms with Gasteiger partial charge in [0.15, 0.2) is 0 Å². The van der Waals surface area contributed by atoms with Gasteiger partial charge in [-0.3, -0.25) is 0 Å². The molecule has 2 rings (SSSR count). The molecule has 1 heterocycles. The monoisotopic (exact) mass is 315 g/mol. The van der Waals surface area contributed by atoms with Crippen molar-refractivity contribution in [1.29, 1.82) is 0 Å². The van der Waals surface area contributed by atoms with Crippen molar-refractivity contribution in [2.75, 3.05) is 13.1 Å². The van der Waals surface area contributed by atoms with Crippen molar-refractivity contribution < 1.29 is 8.42 Å². The summed E-state index contributed by atoms with van der Waals surface area (Å²) < 4.78 is 27.2. The number of benzene rings is 1. The lowest BCUT2D eigenvalue weighted by Crippen LogP contribution is -2.34. The summed E-state index contributed by atoms with van der Waals surface area (Å²) in [6.07, 6.45) is 4.69. The fraction of sp³-hybridized carbons (Fsp3) is 0.333. The van der Waals surface area contributed by atoms with E-state index in [2.05, 4.69) is 15.9 Å². The number of aryl methyl sites for hydroxylation is 1. The molecule has 0 saturated carbocycles. The maximum absolute atomic E-state index is 12.4. The second-order valence-electron chi connectivity index (χ2n) is 4.03. The van der Waals surface area contributed by atoms with Crippen LogP contribution in [0.25, 0.3) is 0 Å². The fourth-order valence-corrected chi connectivity index (χ4v) is 4.00. The minimum atomic E-state index is -3.36. The Hall–Kier alpha value is -0.650. The third-order valence-electron chi connectivity index (χ3n) is 2.79. The van der Waals surface area contributed by atoms with E-state index in [0.29, 0.717) is 18.0 Å². The summed E-state index contributed by atoms with van der Waals surface area (Å²) in [5.74, 6) is 0. The quantitative estimate of drug-likeness (QED) is 0.787. The van der Waals surface area contributed by atoms with E-state index in [1.165, 1.54) is 4.31 Å². The minimum Gasteiger partial charge on any atom is -0.207 e. The van der Waals surface area contributed by atoms with Crippen LogP contribution in [0, 0.1) is 6.92 Å². The Morgan fingerprint density at radius 3 is 2.71 bits per heavy atom. The molecule has 0 fully saturated rings. The van der Waals surface area contributed by atoms with Crippen molar-refractivity contribution in [3.05, 3.63) is 40.4 Å². The largest absolute Gasteiger partial charge is 0.243 e. The van der Waals surface area contributed by atoms with Crippen molar-refractivity contribution in [3.63, 3.8) is 0 Å². The van der Waals surface area contributed by atoms with E-state index < -0.39 is 10.0 Å². The van der Waals surface area contributed by atoms with Gasteiger partial charge in [0.1, 0.15) is 0 Å². The Kier molecular flexibility index (Phi) is 3.70. The summed E-state index contributed by atoms with van der Waals surface area (Å²) in [6.45, 7) is 2.85. The molecule has 3 nitrogen and oxygen atoms in total. The molecule has 0 unspecified atom stereocenters. The molecule has 0 amide bonds. The first-order chi connectivity index (χ1) is 8.01. The minimum absolute atomic E-state index is 0.391. The van der Waals surface area contributed by atoms with Crippen molar-refractivity contribution in [2.24, 2.45) is 0 Å². The molecule has 5 heteroatoms. The first kappa shape index (κ1) is 12.8. The van der Waals surface area contributed by atoms with Crippen LogP contribution in [0.15, 0.2) is 39.7 Å². The molecule has 0 aliphatic carbocycles. The van der Waals surface area contributed by atoms with Crippen molar-refractivity contribution >= 4 is 26.0 Å². The second kappa shape index (κ2) is 4.92. The summed E-state index contributed by atoms with van der Waals surface area (Å²) in [6, 6.07) is 5.34. The molecule has 0 N–H and O–H groups in total. The third kappa shape index (κ3) is 2.61. The van der Waals surface area contributed by atoms with Gasteiger partial charge in [0.2, 0.25) is 10.0 Å². The number of rotatable bonds is 2. The molecule has 0 saturated heterocycles. The molecule has 0 radical (unpaired) electrons. The summed E-state index contributed by atoms with van der Waals surface area (Å²) >= 11 is 3.32. The van der Waals surface area contributed by atoms with Gasteiger partial charge in [-0.2, -0.15) is 4.31 Å². The maximum Gasteiger partial charge on any atom is 0.243 e. The van der Waals surface area contributed by atoms with Crippen molar-refractivity contribution in [1.82, 2.24) is 4.31 Å². The second-order valence-corrected chi connectivity index (χ2v) is 6.85. The van der Waals surface area contributed by atoms with E-state index in [1.54, 1.807) is 6.07 Å². The highest BCUT2D eigenvalue weighted by molar-refractivity contribution is 9.10. The standard InChI is InChI=1S/C12H14BrNO2S/c1-10-5-6-11(13)9-12(10)17(15,16)14-7-3-2-4-8-14/h2-3,5-6,9H,4,7-8H2,1H3. The van der Waals surface area contributed by atoms with Crippen molar-refractivity contribution in [2.45, 2.75) is 18.2 Å². The molecule has 0 spiro atoms. The topological polar surface area (TPSA) is 37.4 Å². The molecule has 1 aromatic carbocycles. The van der Waals surface area contributed by atoms with Crippen LogP contribution in [-0.4, -0.2) is 25.8 Å². The van der Waals surface area contributed by atoms with Gasteiger partial charge >= 0.3 is 0 Å². The molecular weight excluding hydrogens is 302 g/mol. The van der Waals surface area contributed by atoms with Crippen LogP contribution >= 0.6 is 15.9 Å². The van der Waals surface area contributed by atoms with Gasteiger partial charge in [-0.05, 0) is 31.0 Å². The number of hydrogen-bond acceptors (Lipinski definition) is 2. The zero-order chi connectivity index (χ0) is 12.5. The first-order valence-electron chi connectivity index (χ1n) is 5.43. The first-order valence-corrected chi connectivity index (χ1v) is 7.66. The third-order valence-corrected chi connectivity index (χ3v) is 5.29. The zero-order valence-corrected chi connectivity index (χ0v) is 12.0. The summed E-state index contributed by atoms with van der Waals surface area (Å²) in [7, 11) is -3.36. The predicted octanol–water partition coefficient (Wildman–Crippen LogP) is 2.71. The summed E-state index contributed by atoms with van der Waals surface area (Å²) in [4.78, 5) is 0.391. The van der Waals surface area contributed by atoms with Crippen LogP contribution in [0.5, 0.6) is 0 Å². The van der Waals surface area contributed by atoms with Gasteiger partial charge in [0.25, 0.3) is 0 Å². The highest BCUT2D eigenvalue weighted by atomic mass is 79.9. The van der Waals surface area contributed by atoms with Crippen LogP contribution in [0.1, 0.15) is 12.0 Å². The average molecular weight is 316 g/mol. The van der Waals surface area contributed by atoms with Crippen LogP contribution in [0.4, 0.5) is 0 Å². The fourth-order valence-electron chi connectivity index (χ4n) is 1.83. The molecule has 0 aromatic heterocycles. The molecule has 17 heavy (non-hydrogen) atoms. The van der Waals surface area contributed by atoms with Gasteiger partial charge in [-0.1, -0.05) is 34.1 Å². The van der Waals surface area contributed by atoms with Crippen LogP contribution in [-0.2, 0) is 10.0 Å². The summed E-state index contributed by atoms with van der Waals surface area (Å²) in [5.41, 5.74) is 0.780. The van der Waals surface area contributed by atoms with Crippen LogP contribution in [0.2, 0.25) is 0 Å². The molecule has 92 valence electrons. The number of sulfonamides is 1. The van der Waals surface area contributed by atoms with Gasteiger partial charge in [-0.25, -0.2) is 8.42 Å². The lowest BCUT2D eigenvalue weighted by atomic mass is 10.2.